The van der Waals surface area contributed by atoms with Gasteiger partial charge < -0.3 is 20.4 Å². The van der Waals surface area contributed by atoms with E-state index in [-0.39, 0.29) is 12.1 Å². The van der Waals surface area contributed by atoms with Crippen molar-refractivity contribution in [2.45, 2.75) is 32.7 Å². The van der Waals surface area contributed by atoms with E-state index in [1.54, 1.807) is 17.7 Å². The first-order valence-electron chi connectivity index (χ1n) is 11.1. The number of thiazole rings is 1. The van der Waals surface area contributed by atoms with Crippen molar-refractivity contribution >= 4 is 44.9 Å². The Balaban J connectivity index is 1.29. The predicted molar refractivity (Wildman–Crippen MR) is 129 cm³/mol. The Morgan fingerprint density at radius 3 is 2.94 bits per heavy atom. The van der Waals surface area contributed by atoms with Gasteiger partial charge in [-0.15, -0.1) is 11.3 Å². The minimum absolute atomic E-state index is 0.128. The van der Waals surface area contributed by atoms with E-state index in [1.807, 2.05) is 41.3 Å². The number of carbonyl (C=O) groups excluding carboxylic acids is 1. The Morgan fingerprint density at radius 1 is 1.28 bits per heavy atom. The first-order chi connectivity index (χ1) is 15.7. The summed E-state index contributed by atoms with van der Waals surface area (Å²) in [7, 11) is 0. The molecule has 2 aliphatic rings. The molecule has 2 N–H and O–H groups in total. The lowest BCUT2D eigenvalue weighted by Gasteiger charge is -2.32. The highest BCUT2D eigenvalue weighted by molar-refractivity contribution is 7.16. The minimum atomic E-state index is 0.128. The molecule has 8 nitrogen and oxygen atoms in total. The topological polar surface area (TPSA) is 86.3 Å². The van der Waals surface area contributed by atoms with Crippen molar-refractivity contribution in [3.63, 3.8) is 0 Å². The summed E-state index contributed by atoms with van der Waals surface area (Å²) in [6.07, 6.45) is 5.50. The van der Waals surface area contributed by atoms with Gasteiger partial charge in [0, 0.05) is 43.9 Å². The van der Waals surface area contributed by atoms with E-state index in [0.29, 0.717) is 6.54 Å². The molecule has 0 fully saturated rings. The summed E-state index contributed by atoms with van der Waals surface area (Å²) in [5, 5.41) is 7.03. The number of rotatable bonds is 5. The zero-order valence-corrected chi connectivity index (χ0v) is 19.2. The fourth-order valence-corrected chi connectivity index (χ4v) is 5.14. The highest BCUT2D eigenvalue weighted by atomic mass is 32.1. The molecule has 0 radical (unpaired) electrons. The van der Waals surface area contributed by atoms with Crippen LogP contribution in [0.1, 0.15) is 25.8 Å². The molecule has 3 aromatic rings. The smallest absolute Gasteiger partial charge is 0.320 e. The van der Waals surface area contributed by atoms with Gasteiger partial charge in [-0.05, 0) is 44.0 Å². The van der Waals surface area contributed by atoms with Crippen LogP contribution < -0.4 is 10.6 Å². The highest BCUT2D eigenvalue weighted by Gasteiger charge is 2.30. The maximum absolute atomic E-state index is 12.6. The minimum Gasteiger partial charge on any atom is -0.363 e. The summed E-state index contributed by atoms with van der Waals surface area (Å²) >= 11 is 1.63. The van der Waals surface area contributed by atoms with Crippen LogP contribution in [0.3, 0.4) is 0 Å². The van der Waals surface area contributed by atoms with Crippen LogP contribution in [0.4, 0.5) is 22.1 Å². The second kappa shape index (κ2) is 8.74. The van der Waals surface area contributed by atoms with Crippen LogP contribution in [0.25, 0.3) is 10.2 Å². The number of carbonyl (C=O) groups is 1. The van der Waals surface area contributed by atoms with Gasteiger partial charge in [0.1, 0.15) is 18.0 Å². The summed E-state index contributed by atoms with van der Waals surface area (Å²) in [4.78, 5) is 29.8. The van der Waals surface area contributed by atoms with Gasteiger partial charge >= 0.3 is 6.03 Å². The van der Waals surface area contributed by atoms with Gasteiger partial charge in [0.15, 0.2) is 0 Å². The van der Waals surface area contributed by atoms with Gasteiger partial charge in [0.05, 0.1) is 21.8 Å². The van der Waals surface area contributed by atoms with Gasteiger partial charge in [-0.3, -0.25) is 0 Å². The van der Waals surface area contributed by atoms with E-state index >= 15 is 0 Å². The Hall–Kier alpha value is -3.20. The number of hydrogen-bond donors (Lipinski definition) is 2. The third-order valence-corrected chi connectivity index (χ3v) is 7.05. The summed E-state index contributed by atoms with van der Waals surface area (Å²) in [6, 6.07) is 6.48. The number of urea groups is 1. The van der Waals surface area contributed by atoms with Crippen molar-refractivity contribution in [2.75, 3.05) is 36.8 Å². The molecule has 0 saturated heterocycles. The Kier molecular flexibility index (Phi) is 5.65. The molecule has 2 aliphatic heterocycles. The summed E-state index contributed by atoms with van der Waals surface area (Å²) in [5.74, 6) is 1.72. The quantitative estimate of drug-likeness (QED) is 0.566. The van der Waals surface area contributed by atoms with Gasteiger partial charge in [-0.2, -0.15) is 0 Å². The molecule has 166 valence electrons. The number of hydrogen-bond acceptors (Lipinski definition) is 7. The monoisotopic (exact) mass is 449 g/mol. The van der Waals surface area contributed by atoms with Gasteiger partial charge in [-0.25, -0.2) is 19.7 Å². The lowest BCUT2D eigenvalue weighted by atomic mass is 9.97. The molecule has 0 saturated carbocycles. The Labute approximate surface area is 191 Å². The maximum atomic E-state index is 12.6. The van der Waals surface area contributed by atoms with Crippen LogP contribution in [-0.4, -0.2) is 63.0 Å². The van der Waals surface area contributed by atoms with Crippen LogP contribution in [0.2, 0.25) is 0 Å². The van der Waals surface area contributed by atoms with Gasteiger partial charge in [0.2, 0.25) is 0 Å². The van der Waals surface area contributed by atoms with E-state index in [9.17, 15) is 4.79 Å². The third-order valence-electron chi connectivity index (χ3n) is 6.25. The van der Waals surface area contributed by atoms with E-state index in [2.05, 4.69) is 37.7 Å². The van der Waals surface area contributed by atoms with Crippen LogP contribution in [0.5, 0.6) is 0 Å². The summed E-state index contributed by atoms with van der Waals surface area (Å²) in [6.45, 7) is 6.94. The summed E-state index contributed by atoms with van der Waals surface area (Å²) in [5.41, 5.74) is 6.30. The number of nitrogens with zero attached hydrogens (tertiary/aromatic N) is 5. The molecule has 32 heavy (non-hydrogen) atoms. The molecular formula is C23H27N7OS. The Morgan fingerprint density at radius 2 is 2.16 bits per heavy atom. The normalized spacial score (nSPS) is 17.6. The number of aromatic nitrogens is 3. The largest absolute Gasteiger partial charge is 0.363 e. The number of anilines is 3. The van der Waals surface area contributed by atoms with Crippen LogP contribution in [0, 0.1) is 0 Å². The molecule has 0 spiro atoms. The molecule has 1 unspecified atom stereocenters. The fourth-order valence-electron chi connectivity index (χ4n) is 4.42. The van der Waals surface area contributed by atoms with Crippen molar-refractivity contribution in [2.24, 2.45) is 0 Å². The van der Waals surface area contributed by atoms with E-state index in [4.69, 9.17) is 0 Å². The van der Waals surface area contributed by atoms with Crippen molar-refractivity contribution in [3.8, 4) is 0 Å². The summed E-state index contributed by atoms with van der Waals surface area (Å²) < 4.78 is 1.15. The second-order valence-corrected chi connectivity index (χ2v) is 8.93. The van der Waals surface area contributed by atoms with E-state index in [1.165, 1.54) is 5.57 Å². The van der Waals surface area contributed by atoms with Gasteiger partial charge in [-0.1, -0.05) is 6.08 Å². The molecule has 1 aromatic carbocycles. The molecule has 2 aromatic heterocycles. The van der Waals surface area contributed by atoms with Crippen LogP contribution in [0.15, 0.2) is 41.7 Å². The van der Waals surface area contributed by atoms with Crippen LogP contribution in [-0.2, 0) is 6.42 Å². The zero-order chi connectivity index (χ0) is 22.1. The SMILES string of the molecule is CCN(CC)C(=O)N1CC=C(C2Cc3c(Nc4ccc5ncsc5c4)ncnc3N2)CC1. The van der Waals surface area contributed by atoms with Crippen molar-refractivity contribution in [3.05, 3.63) is 47.2 Å². The first-order valence-corrected chi connectivity index (χ1v) is 12.0. The van der Waals surface area contributed by atoms with E-state index in [0.717, 1.165) is 65.6 Å². The lowest BCUT2D eigenvalue weighted by Crippen LogP contribution is -2.45. The number of amides is 2. The van der Waals surface area contributed by atoms with Crippen molar-refractivity contribution in [1.29, 1.82) is 0 Å². The highest BCUT2D eigenvalue weighted by Crippen LogP contribution is 2.34. The predicted octanol–water partition coefficient (Wildman–Crippen LogP) is 4.26. The maximum Gasteiger partial charge on any atom is 0.320 e. The molecule has 1 atom stereocenters. The molecule has 9 heteroatoms. The lowest BCUT2D eigenvalue weighted by molar-refractivity contribution is 0.160. The number of nitrogens with one attached hydrogen (secondary N) is 2. The Bertz CT molecular complexity index is 1170. The third kappa shape index (κ3) is 3.88. The first kappa shape index (κ1) is 20.7. The fraction of sp³-hybridized carbons (Fsp3) is 0.391. The molecular weight excluding hydrogens is 422 g/mol. The van der Waals surface area contributed by atoms with Crippen molar-refractivity contribution in [1.82, 2.24) is 24.8 Å². The standard InChI is InChI=1S/C23H27N7OS/c1-3-29(4-2)23(31)30-9-7-15(8-10-30)19-12-17-21(24-13-25-22(17)28-19)27-16-5-6-18-20(11-16)32-14-26-18/h5-7,11,13-14,19H,3-4,8-10,12H2,1-2H3,(H2,24,25,27,28). The van der Waals surface area contributed by atoms with Crippen LogP contribution >= 0.6 is 11.3 Å². The average molecular weight is 450 g/mol. The molecule has 0 bridgehead atoms. The van der Waals surface area contributed by atoms with Gasteiger partial charge in [0.25, 0.3) is 0 Å². The van der Waals surface area contributed by atoms with Crippen molar-refractivity contribution < 1.29 is 4.79 Å². The number of fused-ring (bicyclic) bond motifs is 2. The van der Waals surface area contributed by atoms with E-state index < -0.39 is 0 Å². The molecule has 0 aliphatic carbocycles. The molecule has 4 heterocycles. The molecule has 2 amide bonds. The second-order valence-electron chi connectivity index (χ2n) is 8.04. The zero-order valence-electron chi connectivity index (χ0n) is 18.3. The number of benzene rings is 1. The average Bonchev–Trinajstić information content (AvgIpc) is 3.47. The molecule has 5 rings (SSSR count).